The fraction of sp³-hybridized carbons (Fsp3) is 0. The molecule has 0 spiro atoms. The second kappa shape index (κ2) is 13.6. The number of furan rings is 1. The van der Waals surface area contributed by atoms with E-state index in [0.29, 0.717) is 0 Å². The van der Waals surface area contributed by atoms with E-state index in [9.17, 15) is 0 Å². The van der Waals surface area contributed by atoms with Gasteiger partial charge in [-0.25, -0.2) is 0 Å². The first-order valence-corrected chi connectivity index (χ1v) is 19.4. The molecule has 268 valence electrons. The molecule has 0 atom stereocenters. The normalized spacial score (nSPS) is 11.5. The minimum Gasteiger partial charge on any atom is -0.455 e. The van der Waals surface area contributed by atoms with Gasteiger partial charge in [0.15, 0.2) is 0 Å². The van der Waals surface area contributed by atoms with Gasteiger partial charge >= 0.3 is 0 Å². The molecule has 0 saturated heterocycles. The molecule has 2 heterocycles. The maximum Gasteiger partial charge on any atom is 0.146 e. The van der Waals surface area contributed by atoms with Gasteiger partial charge in [0, 0.05) is 38.9 Å². The van der Waals surface area contributed by atoms with Gasteiger partial charge in [-0.2, -0.15) is 0 Å². The Morgan fingerprint density at radius 2 is 0.895 bits per heavy atom. The predicted molar refractivity (Wildman–Crippen MR) is 239 cm³/mol. The minimum atomic E-state index is 0.881. The van der Waals surface area contributed by atoms with E-state index in [2.05, 4.69) is 228 Å². The van der Waals surface area contributed by atoms with Crippen molar-refractivity contribution < 1.29 is 4.42 Å². The van der Waals surface area contributed by atoms with E-state index in [1.165, 1.54) is 16.5 Å². The highest BCUT2D eigenvalue weighted by atomic mass is 16.3. The summed E-state index contributed by atoms with van der Waals surface area (Å²) in [6, 6.07) is 78.0. The highest BCUT2D eigenvalue weighted by Crippen LogP contribution is 2.47. The molecule has 57 heavy (non-hydrogen) atoms. The molecule has 11 rings (SSSR count). The minimum absolute atomic E-state index is 0.881. The molecular formula is C54H36N2O. The molecule has 9 aromatic carbocycles. The SMILES string of the molecule is c1ccc(-c2cc(-c3ccccc3)cc(N(c3ccccc3)c3cccc(-c4cc5c(c6ccccc6n5-c5ccccc5)c5oc6ccccc6c45)c3)c2)cc1. The lowest BCUT2D eigenvalue weighted by Crippen LogP contribution is -2.10. The van der Waals surface area contributed by atoms with Gasteiger partial charge in [-0.15, -0.1) is 0 Å². The van der Waals surface area contributed by atoms with Gasteiger partial charge in [-0.1, -0.05) is 146 Å². The number of hydrogen-bond acceptors (Lipinski definition) is 2. The van der Waals surface area contributed by atoms with E-state index >= 15 is 0 Å². The molecule has 0 unspecified atom stereocenters. The molecule has 0 bridgehead atoms. The van der Waals surface area contributed by atoms with Crippen molar-refractivity contribution in [3.63, 3.8) is 0 Å². The summed E-state index contributed by atoms with van der Waals surface area (Å²) in [4.78, 5) is 2.38. The Bertz CT molecular complexity index is 3160. The number of benzene rings is 9. The van der Waals surface area contributed by atoms with E-state index < -0.39 is 0 Å². The molecule has 3 nitrogen and oxygen atoms in total. The molecule has 0 aliphatic rings. The van der Waals surface area contributed by atoms with Crippen LogP contribution in [0.2, 0.25) is 0 Å². The molecule has 11 aromatic rings. The van der Waals surface area contributed by atoms with Crippen LogP contribution >= 0.6 is 0 Å². The third kappa shape index (κ3) is 5.60. The Hall–Kier alpha value is -7.62. The van der Waals surface area contributed by atoms with Crippen molar-refractivity contribution in [3.8, 4) is 39.1 Å². The van der Waals surface area contributed by atoms with E-state index in [4.69, 9.17) is 4.42 Å². The second-order valence-corrected chi connectivity index (χ2v) is 14.5. The summed E-state index contributed by atoms with van der Waals surface area (Å²) >= 11 is 0. The Balaban J connectivity index is 1.18. The van der Waals surface area contributed by atoms with Gasteiger partial charge in [-0.05, 0) is 106 Å². The van der Waals surface area contributed by atoms with E-state index in [-0.39, 0.29) is 0 Å². The zero-order chi connectivity index (χ0) is 37.7. The van der Waals surface area contributed by atoms with Gasteiger partial charge in [0.2, 0.25) is 0 Å². The Morgan fingerprint density at radius 1 is 0.351 bits per heavy atom. The number of para-hydroxylation sites is 4. The Kier molecular flexibility index (Phi) is 7.82. The van der Waals surface area contributed by atoms with Gasteiger partial charge in [-0.3, -0.25) is 0 Å². The first-order chi connectivity index (χ1) is 28.3. The fourth-order valence-corrected chi connectivity index (χ4v) is 8.59. The molecule has 0 amide bonds. The summed E-state index contributed by atoms with van der Waals surface area (Å²) in [5, 5.41) is 4.52. The number of aromatic nitrogens is 1. The smallest absolute Gasteiger partial charge is 0.146 e. The topological polar surface area (TPSA) is 21.3 Å². The lowest BCUT2D eigenvalue weighted by molar-refractivity contribution is 0.673. The molecule has 0 aliphatic carbocycles. The van der Waals surface area contributed by atoms with Gasteiger partial charge in [0.1, 0.15) is 11.2 Å². The third-order valence-electron chi connectivity index (χ3n) is 11.1. The van der Waals surface area contributed by atoms with Crippen molar-refractivity contribution in [1.29, 1.82) is 0 Å². The van der Waals surface area contributed by atoms with Gasteiger partial charge in [0.05, 0.1) is 16.4 Å². The Morgan fingerprint density at radius 3 is 1.60 bits per heavy atom. The van der Waals surface area contributed by atoms with Crippen LogP contribution in [0.4, 0.5) is 17.1 Å². The molecule has 3 heteroatoms. The van der Waals surface area contributed by atoms with Crippen molar-refractivity contribution in [2.75, 3.05) is 4.90 Å². The van der Waals surface area contributed by atoms with Crippen molar-refractivity contribution in [2.24, 2.45) is 0 Å². The maximum absolute atomic E-state index is 6.89. The van der Waals surface area contributed by atoms with Crippen LogP contribution in [0, 0.1) is 0 Å². The summed E-state index contributed by atoms with van der Waals surface area (Å²) in [6.45, 7) is 0. The summed E-state index contributed by atoms with van der Waals surface area (Å²) in [7, 11) is 0. The second-order valence-electron chi connectivity index (χ2n) is 14.5. The number of rotatable bonds is 7. The number of nitrogens with zero attached hydrogens (tertiary/aromatic N) is 2. The summed E-state index contributed by atoms with van der Waals surface area (Å²) in [5.41, 5.74) is 15.3. The number of anilines is 3. The van der Waals surface area contributed by atoms with Crippen LogP contribution in [0.5, 0.6) is 0 Å². The zero-order valence-electron chi connectivity index (χ0n) is 31.1. The standard InChI is InChI=1S/C54H36N2O/c1-5-18-37(19-6-1)40-32-41(38-20-7-2-8-21-38)35-45(34-40)55(42-23-9-3-10-24-42)44-27-17-22-39(33-44)48-36-50-53(54-52(48)47-29-14-16-31-51(47)57-54)46-28-13-15-30-49(46)56(50)43-25-11-4-12-26-43/h1-36H. The van der Waals surface area contributed by atoms with Gasteiger partial charge in [0.25, 0.3) is 0 Å². The first kappa shape index (κ1) is 32.8. The van der Waals surface area contributed by atoms with Crippen LogP contribution in [-0.2, 0) is 0 Å². The zero-order valence-corrected chi connectivity index (χ0v) is 31.1. The molecule has 0 aliphatic heterocycles. The van der Waals surface area contributed by atoms with E-state index in [1.807, 2.05) is 0 Å². The maximum atomic E-state index is 6.89. The molecule has 0 saturated carbocycles. The molecular weight excluding hydrogens is 693 g/mol. The van der Waals surface area contributed by atoms with Crippen molar-refractivity contribution >= 4 is 60.8 Å². The van der Waals surface area contributed by atoms with Crippen LogP contribution in [0.3, 0.4) is 0 Å². The summed E-state index contributed by atoms with van der Waals surface area (Å²) in [6.07, 6.45) is 0. The van der Waals surface area contributed by atoms with Crippen LogP contribution in [0.15, 0.2) is 223 Å². The van der Waals surface area contributed by atoms with Crippen LogP contribution < -0.4 is 4.90 Å². The molecule has 0 radical (unpaired) electrons. The summed E-state index contributed by atoms with van der Waals surface area (Å²) < 4.78 is 9.26. The highest BCUT2D eigenvalue weighted by Gasteiger charge is 2.23. The molecule has 2 aromatic heterocycles. The monoisotopic (exact) mass is 728 g/mol. The van der Waals surface area contributed by atoms with Crippen LogP contribution in [0.25, 0.3) is 82.8 Å². The number of hydrogen-bond donors (Lipinski definition) is 0. The first-order valence-electron chi connectivity index (χ1n) is 19.4. The van der Waals surface area contributed by atoms with Gasteiger partial charge < -0.3 is 13.9 Å². The third-order valence-corrected chi connectivity index (χ3v) is 11.1. The van der Waals surface area contributed by atoms with E-state index in [0.717, 1.165) is 83.4 Å². The van der Waals surface area contributed by atoms with Crippen molar-refractivity contribution in [1.82, 2.24) is 4.57 Å². The van der Waals surface area contributed by atoms with Crippen LogP contribution in [0.1, 0.15) is 0 Å². The van der Waals surface area contributed by atoms with Crippen LogP contribution in [-0.4, -0.2) is 4.57 Å². The average Bonchev–Trinajstić information content (AvgIpc) is 3.84. The van der Waals surface area contributed by atoms with E-state index in [1.54, 1.807) is 0 Å². The molecule has 0 N–H and O–H groups in total. The lowest BCUT2D eigenvalue weighted by atomic mass is 9.95. The predicted octanol–water partition coefficient (Wildman–Crippen LogP) is 15.2. The van der Waals surface area contributed by atoms with Crippen molar-refractivity contribution in [2.45, 2.75) is 0 Å². The highest BCUT2D eigenvalue weighted by molar-refractivity contribution is 6.27. The fourth-order valence-electron chi connectivity index (χ4n) is 8.59. The summed E-state index contributed by atoms with van der Waals surface area (Å²) in [5.74, 6) is 0. The van der Waals surface area contributed by atoms with Crippen molar-refractivity contribution in [3.05, 3.63) is 218 Å². The lowest BCUT2D eigenvalue weighted by Gasteiger charge is -2.27. The number of fused-ring (bicyclic) bond motifs is 7. The Labute approximate surface area is 330 Å². The average molecular weight is 729 g/mol. The molecule has 0 fully saturated rings. The largest absolute Gasteiger partial charge is 0.455 e. The quantitative estimate of drug-likeness (QED) is 0.163.